The van der Waals surface area contributed by atoms with Crippen molar-refractivity contribution in [2.45, 2.75) is 22.9 Å². The molecule has 1 aliphatic rings. The monoisotopic (exact) mass is 454 g/mol. The number of amidine groups is 1. The minimum absolute atomic E-state index is 0.150. The third-order valence-corrected chi connectivity index (χ3v) is 6.83. The highest BCUT2D eigenvalue weighted by molar-refractivity contribution is 7.99. The highest BCUT2D eigenvalue weighted by atomic mass is 32.2. The van der Waals surface area contributed by atoms with Crippen LogP contribution in [0.15, 0.2) is 69.5 Å². The van der Waals surface area contributed by atoms with Gasteiger partial charge in [0.25, 0.3) is 0 Å². The molecule has 1 N–H and O–H groups in total. The van der Waals surface area contributed by atoms with Crippen molar-refractivity contribution >= 4 is 39.8 Å². The van der Waals surface area contributed by atoms with Gasteiger partial charge in [-0.3, -0.25) is 9.83 Å². The fraction of sp³-hybridized carbons (Fsp3) is 0.136. The van der Waals surface area contributed by atoms with Crippen molar-refractivity contribution in [3.8, 4) is 0 Å². The first kappa shape index (κ1) is 20.0. The number of aliphatic imine (C=N–C) groups is 1. The summed E-state index contributed by atoms with van der Waals surface area (Å²) in [6.07, 6.45) is 0. The van der Waals surface area contributed by atoms with Gasteiger partial charge in [0.2, 0.25) is 0 Å². The quantitative estimate of drug-likeness (QED) is 0.444. The highest BCUT2D eigenvalue weighted by Crippen LogP contribution is 2.35. The SMILES string of the molecule is Cc1ccc([C@H]2CONC(c3c(Sc4ccc(F)c(F)c4)nnc4ccccc34)=N2)s1. The van der Waals surface area contributed by atoms with Crippen LogP contribution in [0.1, 0.15) is 21.4 Å². The molecule has 0 aliphatic carbocycles. The zero-order valence-corrected chi connectivity index (χ0v) is 17.9. The minimum atomic E-state index is -0.912. The van der Waals surface area contributed by atoms with Gasteiger partial charge in [0.15, 0.2) is 17.5 Å². The second kappa shape index (κ2) is 8.33. The van der Waals surface area contributed by atoms with E-state index in [4.69, 9.17) is 9.83 Å². The third-order valence-electron chi connectivity index (χ3n) is 4.76. The Hall–Kier alpha value is -2.88. The lowest BCUT2D eigenvalue weighted by Crippen LogP contribution is -2.33. The van der Waals surface area contributed by atoms with Crippen LogP contribution in [-0.2, 0) is 4.84 Å². The van der Waals surface area contributed by atoms with Crippen LogP contribution in [0.25, 0.3) is 10.9 Å². The van der Waals surface area contributed by atoms with Gasteiger partial charge < -0.3 is 0 Å². The molecule has 0 spiro atoms. The van der Waals surface area contributed by atoms with E-state index in [0.717, 1.165) is 22.4 Å². The number of fused-ring (bicyclic) bond motifs is 1. The first-order valence-electron chi connectivity index (χ1n) is 9.49. The number of thiophene rings is 1. The van der Waals surface area contributed by atoms with Gasteiger partial charge in [-0.2, -0.15) is 0 Å². The zero-order valence-electron chi connectivity index (χ0n) is 16.3. The van der Waals surface area contributed by atoms with E-state index in [1.54, 1.807) is 11.3 Å². The van der Waals surface area contributed by atoms with Crippen molar-refractivity contribution in [3.63, 3.8) is 0 Å². The normalized spacial score (nSPS) is 16.2. The molecule has 0 saturated heterocycles. The van der Waals surface area contributed by atoms with E-state index in [-0.39, 0.29) is 6.04 Å². The number of aryl methyl sites for hydroxylation is 1. The number of nitrogens with zero attached hydrogens (tertiary/aromatic N) is 3. The molecule has 3 heterocycles. The van der Waals surface area contributed by atoms with Crippen LogP contribution in [0.5, 0.6) is 0 Å². The molecule has 2 aromatic heterocycles. The lowest BCUT2D eigenvalue weighted by atomic mass is 10.1. The van der Waals surface area contributed by atoms with Gasteiger partial charge in [0.1, 0.15) is 17.7 Å². The zero-order chi connectivity index (χ0) is 21.4. The number of hydrogen-bond donors (Lipinski definition) is 1. The predicted octanol–water partition coefficient (Wildman–Crippen LogP) is 5.45. The number of nitrogens with one attached hydrogen (secondary N) is 1. The van der Waals surface area contributed by atoms with Crippen molar-refractivity contribution < 1.29 is 13.6 Å². The maximum atomic E-state index is 13.8. The molecular formula is C22H16F2N4OS2. The fourth-order valence-electron chi connectivity index (χ4n) is 3.29. The van der Waals surface area contributed by atoms with Crippen LogP contribution in [0.4, 0.5) is 8.78 Å². The number of halogens is 2. The van der Waals surface area contributed by atoms with Crippen LogP contribution in [-0.4, -0.2) is 22.6 Å². The summed E-state index contributed by atoms with van der Waals surface area (Å²) < 4.78 is 27.1. The Bertz CT molecular complexity index is 1310. The Morgan fingerprint density at radius 1 is 1.06 bits per heavy atom. The number of benzene rings is 2. The molecule has 0 amide bonds. The van der Waals surface area contributed by atoms with E-state index in [1.165, 1.54) is 22.7 Å². The summed E-state index contributed by atoms with van der Waals surface area (Å²) in [5.74, 6) is -1.28. The smallest absolute Gasteiger partial charge is 0.159 e. The van der Waals surface area contributed by atoms with Gasteiger partial charge in [-0.05, 0) is 43.3 Å². The summed E-state index contributed by atoms with van der Waals surface area (Å²) in [5.41, 5.74) is 4.33. The van der Waals surface area contributed by atoms with Gasteiger partial charge in [-0.25, -0.2) is 14.3 Å². The molecule has 156 valence electrons. The summed E-state index contributed by atoms with van der Waals surface area (Å²) in [6, 6.07) is 15.3. The molecule has 9 heteroatoms. The summed E-state index contributed by atoms with van der Waals surface area (Å²) >= 11 is 2.87. The second-order valence-corrected chi connectivity index (χ2v) is 9.31. The number of hydrogen-bond acceptors (Lipinski definition) is 7. The molecule has 0 saturated carbocycles. The maximum Gasteiger partial charge on any atom is 0.159 e. The average molecular weight is 455 g/mol. The van der Waals surface area contributed by atoms with E-state index in [9.17, 15) is 8.78 Å². The summed E-state index contributed by atoms with van der Waals surface area (Å²) in [5, 5.41) is 10.00. The topological polar surface area (TPSA) is 59.4 Å². The Labute approximate surface area is 185 Å². The molecule has 4 aromatic rings. The van der Waals surface area contributed by atoms with E-state index in [2.05, 4.69) is 34.7 Å². The molecule has 1 atom stereocenters. The predicted molar refractivity (Wildman–Crippen MR) is 117 cm³/mol. The van der Waals surface area contributed by atoms with Crippen LogP contribution in [0, 0.1) is 18.6 Å². The molecule has 0 fully saturated rings. The molecule has 0 radical (unpaired) electrons. The molecule has 1 aliphatic heterocycles. The van der Waals surface area contributed by atoms with Crippen LogP contribution in [0.3, 0.4) is 0 Å². The van der Waals surface area contributed by atoms with Gasteiger partial charge >= 0.3 is 0 Å². The third kappa shape index (κ3) is 4.04. The number of rotatable bonds is 4. The molecular weight excluding hydrogens is 438 g/mol. The number of aromatic nitrogens is 2. The fourth-order valence-corrected chi connectivity index (χ4v) is 5.10. The highest BCUT2D eigenvalue weighted by Gasteiger charge is 2.24. The van der Waals surface area contributed by atoms with E-state index >= 15 is 0 Å². The molecule has 5 nitrogen and oxygen atoms in total. The summed E-state index contributed by atoms with van der Waals surface area (Å²) in [4.78, 5) is 13.4. The molecule has 0 unspecified atom stereocenters. The van der Waals surface area contributed by atoms with Gasteiger partial charge in [-0.15, -0.1) is 21.5 Å². The van der Waals surface area contributed by atoms with E-state index in [0.29, 0.717) is 33.4 Å². The summed E-state index contributed by atoms with van der Waals surface area (Å²) in [6.45, 7) is 2.46. The van der Waals surface area contributed by atoms with Gasteiger partial charge in [0, 0.05) is 20.0 Å². The standard InChI is InChI=1S/C22H16F2N4OS2/c1-12-6-9-19(30-12)18-11-29-28-21(25-18)20-14-4-2-3-5-17(14)26-27-22(20)31-13-7-8-15(23)16(24)10-13/h2-10,18H,11H2,1H3,(H,25,28)/t18-/m1/s1. The van der Waals surface area contributed by atoms with Crippen LogP contribution >= 0.6 is 23.1 Å². The van der Waals surface area contributed by atoms with Gasteiger partial charge in [0.05, 0.1) is 11.1 Å². The molecule has 31 heavy (non-hydrogen) atoms. The number of hydroxylamine groups is 1. The second-order valence-electron chi connectivity index (χ2n) is 6.93. The molecule has 0 bridgehead atoms. The van der Waals surface area contributed by atoms with Crippen LogP contribution < -0.4 is 5.48 Å². The van der Waals surface area contributed by atoms with Crippen molar-refractivity contribution in [1.82, 2.24) is 15.7 Å². The minimum Gasteiger partial charge on any atom is -0.272 e. The Morgan fingerprint density at radius 3 is 2.74 bits per heavy atom. The van der Waals surface area contributed by atoms with Crippen molar-refractivity contribution in [3.05, 3.63) is 81.5 Å². The first-order valence-corrected chi connectivity index (χ1v) is 11.1. The summed E-state index contributed by atoms with van der Waals surface area (Å²) in [7, 11) is 0. The lowest BCUT2D eigenvalue weighted by Gasteiger charge is -2.22. The maximum absolute atomic E-state index is 13.8. The lowest BCUT2D eigenvalue weighted by molar-refractivity contribution is 0.0628. The first-order chi connectivity index (χ1) is 15.1. The van der Waals surface area contributed by atoms with Crippen molar-refractivity contribution in [1.29, 1.82) is 0 Å². The Morgan fingerprint density at radius 2 is 1.94 bits per heavy atom. The molecule has 2 aromatic carbocycles. The van der Waals surface area contributed by atoms with Crippen molar-refractivity contribution in [2.75, 3.05) is 6.61 Å². The Kier molecular flexibility index (Phi) is 5.39. The van der Waals surface area contributed by atoms with E-state index in [1.807, 2.05) is 24.3 Å². The molecule has 5 rings (SSSR count). The Balaban J connectivity index is 1.62. The van der Waals surface area contributed by atoms with Gasteiger partial charge in [-0.1, -0.05) is 30.0 Å². The average Bonchev–Trinajstić information content (AvgIpc) is 3.22. The van der Waals surface area contributed by atoms with Crippen molar-refractivity contribution in [2.24, 2.45) is 4.99 Å². The van der Waals surface area contributed by atoms with E-state index < -0.39 is 11.6 Å². The largest absolute Gasteiger partial charge is 0.272 e. The van der Waals surface area contributed by atoms with Crippen LogP contribution in [0.2, 0.25) is 0 Å².